The van der Waals surface area contributed by atoms with Gasteiger partial charge in [-0.15, -0.1) is 0 Å². The summed E-state index contributed by atoms with van der Waals surface area (Å²) in [5.41, 5.74) is 1.23. The molecule has 3 nitrogen and oxygen atoms in total. The van der Waals surface area contributed by atoms with Gasteiger partial charge >= 0.3 is 0 Å². The van der Waals surface area contributed by atoms with Crippen molar-refractivity contribution in [1.82, 2.24) is 5.32 Å². The second-order valence-corrected chi connectivity index (χ2v) is 6.27. The predicted octanol–water partition coefficient (Wildman–Crippen LogP) is 3.45. The van der Waals surface area contributed by atoms with Gasteiger partial charge in [0.2, 0.25) is 0 Å². The molecule has 0 unspecified atom stereocenters. The van der Waals surface area contributed by atoms with Crippen molar-refractivity contribution in [2.45, 2.75) is 57.1 Å². The molecule has 1 aromatic rings. The van der Waals surface area contributed by atoms with E-state index < -0.39 is 0 Å². The van der Waals surface area contributed by atoms with Crippen molar-refractivity contribution in [2.24, 2.45) is 0 Å². The molecule has 0 bridgehead atoms. The molecule has 0 saturated heterocycles. The number of hydrogen-bond acceptors (Lipinski definition) is 3. The van der Waals surface area contributed by atoms with Gasteiger partial charge in [0.15, 0.2) is 11.5 Å². The quantitative estimate of drug-likeness (QED) is 0.827. The van der Waals surface area contributed by atoms with E-state index in [0.29, 0.717) is 0 Å². The van der Waals surface area contributed by atoms with Crippen LogP contribution in [0.1, 0.15) is 44.1 Å². The fourth-order valence-electron chi connectivity index (χ4n) is 2.86. The van der Waals surface area contributed by atoms with Crippen molar-refractivity contribution in [2.75, 3.05) is 13.7 Å². The molecule has 0 radical (unpaired) electrons. The molecule has 2 saturated carbocycles. The van der Waals surface area contributed by atoms with E-state index in [0.717, 1.165) is 43.3 Å². The van der Waals surface area contributed by atoms with Gasteiger partial charge in [-0.05, 0) is 69.7 Å². The van der Waals surface area contributed by atoms with Crippen LogP contribution in [0.4, 0.5) is 0 Å². The lowest BCUT2D eigenvalue weighted by molar-refractivity contribution is -0.0161. The summed E-state index contributed by atoms with van der Waals surface area (Å²) in [7, 11) is 1.71. The van der Waals surface area contributed by atoms with Crippen LogP contribution < -0.4 is 14.8 Å². The first-order valence-corrected chi connectivity index (χ1v) is 7.78. The molecule has 0 aliphatic heterocycles. The maximum atomic E-state index is 6.35. The summed E-state index contributed by atoms with van der Waals surface area (Å²) in [5, 5.41) is 3.59. The van der Waals surface area contributed by atoms with Crippen LogP contribution in [-0.2, 0) is 0 Å². The summed E-state index contributed by atoms with van der Waals surface area (Å²) in [6.45, 7) is 3.14. The Morgan fingerprint density at radius 1 is 1.25 bits per heavy atom. The molecule has 0 spiro atoms. The molecule has 0 amide bonds. The molecule has 0 heterocycles. The summed E-state index contributed by atoms with van der Waals surface area (Å²) in [5.74, 6) is 1.75. The van der Waals surface area contributed by atoms with Crippen molar-refractivity contribution in [3.63, 3.8) is 0 Å². The van der Waals surface area contributed by atoms with E-state index in [1.54, 1.807) is 7.11 Å². The molecule has 20 heavy (non-hydrogen) atoms. The van der Waals surface area contributed by atoms with Crippen LogP contribution in [-0.4, -0.2) is 25.3 Å². The van der Waals surface area contributed by atoms with Crippen LogP contribution in [0.25, 0.3) is 0 Å². The third-order valence-electron chi connectivity index (χ3n) is 4.50. The Kier molecular flexibility index (Phi) is 3.88. The van der Waals surface area contributed by atoms with Gasteiger partial charge in [-0.3, -0.25) is 0 Å². The Balaban J connectivity index is 1.64. The molecule has 3 rings (SSSR count). The van der Waals surface area contributed by atoms with Crippen LogP contribution in [0.5, 0.6) is 11.5 Å². The van der Waals surface area contributed by atoms with Crippen molar-refractivity contribution in [3.8, 4) is 11.5 Å². The molecule has 110 valence electrons. The van der Waals surface area contributed by atoms with Gasteiger partial charge in [0.25, 0.3) is 0 Å². The fourth-order valence-corrected chi connectivity index (χ4v) is 2.86. The zero-order chi connectivity index (χ0) is 14.0. The number of methoxy groups -OCH3 is 1. The lowest BCUT2D eigenvalue weighted by Crippen LogP contribution is -2.45. The topological polar surface area (TPSA) is 30.5 Å². The Bertz CT molecular complexity index is 464. The summed E-state index contributed by atoms with van der Waals surface area (Å²) in [6.07, 6.45) is 7.39. The summed E-state index contributed by atoms with van der Waals surface area (Å²) in [6, 6.07) is 6.96. The highest BCUT2D eigenvalue weighted by molar-refractivity contribution is 5.43. The molecule has 2 fully saturated rings. The van der Waals surface area contributed by atoms with Crippen molar-refractivity contribution in [3.05, 3.63) is 23.8 Å². The average Bonchev–Trinajstić information content (AvgIpc) is 3.21. The first kappa shape index (κ1) is 13.7. The van der Waals surface area contributed by atoms with E-state index in [-0.39, 0.29) is 5.60 Å². The number of rotatable bonds is 7. The minimum Gasteiger partial charge on any atom is -0.493 e. The smallest absolute Gasteiger partial charge is 0.162 e. The van der Waals surface area contributed by atoms with Gasteiger partial charge in [0, 0.05) is 6.04 Å². The standard InChI is InChI=1S/C17H25NO2/c1-13-4-7-15(16(12-13)19-2)20-17(8-3-9-17)10-11-18-14-5-6-14/h4,7,12,14,18H,3,5-6,8-11H2,1-2H3. The number of ether oxygens (including phenoxy) is 2. The van der Waals surface area contributed by atoms with Crippen LogP contribution >= 0.6 is 0 Å². The van der Waals surface area contributed by atoms with E-state index in [9.17, 15) is 0 Å². The van der Waals surface area contributed by atoms with Crippen LogP contribution in [0.15, 0.2) is 18.2 Å². The van der Waals surface area contributed by atoms with E-state index in [2.05, 4.69) is 18.3 Å². The molecule has 1 N–H and O–H groups in total. The molecule has 1 aromatic carbocycles. The maximum Gasteiger partial charge on any atom is 0.162 e. The largest absolute Gasteiger partial charge is 0.493 e. The molecule has 3 heteroatoms. The highest BCUT2D eigenvalue weighted by Gasteiger charge is 2.39. The third-order valence-corrected chi connectivity index (χ3v) is 4.50. The molecule has 2 aliphatic carbocycles. The van der Waals surface area contributed by atoms with Gasteiger partial charge in [-0.1, -0.05) is 6.07 Å². The number of hydrogen-bond donors (Lipinski definition) is 1. The van der Waals surface area contributed by atoms with Crippen LogP contribution in [0, 0.1) is 6.92 Å². The minimum absolute atomic E-state index is 0.0322. The fraction of sp³-hybridized carbons (Fsp3) is 0.647. The molecular formula is C17H25NO2. The molecular weight excluding hydrogens is 250 g/mol. The van der Waals surface area contributed by atoms with Crippen LogP contribution in [0.3, 0.4) is 0 Å². The lowest BCUT2D eigenvalue weighted by Gasteiger charge is -2.42. The maximum absolute atomic E-state index is 6.35. The van der Waals surface area contributed by atoms with E-state index in [1.807, 2.05) is 12.1 Å². The van der Waals surface area contributed by atoms with Crippen molar-refractivity contribution >= 4 is 0 Å². The zero-order valence-electron chi connectivity index (χ0n) is 12.6. The minimum atomic E-state index is 0.0322. The number of aryl methyl sites for hydroxylation is 1. The summed E-state index contributed by atoms with van der Waals surface area (Å²) in [4.78, 5) is 0. The highest BCUT2D eigenvalue weighted by atomic mass is 16.5. The average molecular weight is 275 g/mol. The second-order valence-electron chi connectivity index (χ2n) is 6.27. The van der Waals surface area contributed by atoms with Gasteiger partial charge < -0.3 is 14.8 Å². The lowest BCUT2D eigenvalue weighted by atomic mass is 9.77. The second kappa shape index (κ2) is 5.65. The first-order valence-electron chi connectivity index (χ1n) is 7.78. The zero-order valence-corrected chi connectivity index (χ0v) is 12.6. The van der Waals surface area contributed by atoms with Crippen LogP contribution in [0.2, 0.25) is 0 Å². The Morgan fingerprint density at radius 2 is 2.05 bits per heavy atom. The van der Waals surface area contributed by atoms with Crippen molar-refractivity contribution in [1.29, 1.82) is 0 Å². The molecule has 0 aromatic heterocycles. The van der Waals surface area contributed by atoms with Gasteiger partial charge in [0.05, 0.1) is 7.11 Å². The molecule has 0 atom stereocenters. The summed E-state index contributed by atoms with van der Waals surface area (Å²) < 4.78 is 11.8. The molecule has 2 aliphatic rings. The van der Waals surface area contributed by atoms with E-state index in [1.165, 1.54) is 24.8 Å². The number of nitrogens with one attached hydrogen (secondary N) is 1. The Hall–Kier alpha value is -1.22. The normalized spacial score (nSPS) is 20.3. The summed E-state index contributed by atoms with van der Waals surface area (Å²) >= 11 is 0. The Labute approximate surface area is 121 Å². The predicted molar refractivity (Wildman–Crippen MR) is 80.6 cm³/mol. The van der Waals surface area contributed by atoms with E-state index >= 15 is 0 Å². The number of benzene rings is 1. The van der Waals surface area contributed by atoms with E-state index in [4.69, 9.17) is 9.47 Å². The Morgan fingerprint density at radius 3 is 2.65 bits per heavy atom. The third kappa shape index (κ3) is 3.09. The first-order chi connectivity index (χ1) is 9.71. The van der Waals surface area contributed by atoms with Gasteiger partial charge in [-0.25, -0.2) is 0 Å². The van der Waals surface area contributed by atoms with Gasteiger partial charge in [-0.2, -0.15) is 0 Å². The van der Waals surface area contributed by atoms with Crippen molar-refractivity contribution < 1.29 is 9.47 Å². The monoisotopic (exact) mass is 275 g/mol. The highest BCUT2D eigenvalue weighted by Crippen LogP contribution is 2.42. The SMILES string of the molecule is COc1cc(C)ccc1OC1(CCNC2CC2)CCC1. The van der Waals surface area contributed by atoms with Gasteiger partial charge in [0.1, 0.15) is 5.60 Å².